The Kier molecular flexibility index (Phi) is 6.91. The van der Waals surface area contributed by atoms with E-state index in [2.05, 4.69) is 13.2 Å². The minimum atomic E-state index is -3.73. The van der Waals surface area contributed by atoms with Gasteiger partial charge in [0, 0.05) is 12.1 Å². The average Bonchev–Trinajstić information content (AvgIpc) is 2.77. The summed E-state index contributed by atoms with van der Waals surface area (Å²) in [4.78, 5) is 0.284. The molecule has 0 aliphatic carbocycles. The van der Waals surface area contributed by atoms with Crippen molar-refractivity contribution >= 4 is 21.3 Å². The molecule has 0 bridgehead atoms. The van der Waals surface area contributed by atoms with Gasteiger partial charge in [0.15, 0.2) is 0 Å². The zero-order chi connectivity index (χ0) is 21.6. The Labute approximate surface area is 180 Å². The van der Waals surface area contributed by atoms with Crippen molar-refractivity contribution in [1.29, 1.82) is 0 Å². The number of benzene rings is 3. The van der Waals surface area contributed by atoms with Crippen LogP contribution in [-0.2, 0) is 10.0 Å². The average molecular weight is 418 g/mol. The van der Waals surface area contributed by atoms with Gasteiger partial charge in [-0.15, -0.1) is 6.58 Å². The maximum absolute atomic E-state index is 13.6. The van der Waals surface area contributed by atoms with E-state index in [0.29, 0.717) is 18.7 Å². The van der Waals surface area contributed by atoms with Gasteiger partial charge in [0.2, 0.25) is 0 Å². The predicted octanol–water partition coefficient (Wildman–Crippen LogP) is 6.22. The van der Waals surface area contributed by atoms with Crippen molar-refractivity contribution in [3.8, 4) is 0 Å². The van der Waals surface area contributed by atoms with Crippen molar-refractivity contribution in [2.45, 2.75) is 24.7 Å². The highest BCUT2D eigenvalue weighted by Gasteiger charge is 2.27. The number of hydrogen-bond donors (Lipinski definition) is 0. The molecule has 0 amide bonds. The molecule has 0 saturated carbocycles. The number of nitrogens with zero attached hydrogens (tertiary/aromatic N) is 1. The fraction of sp³-hybridized carbons (Fsp3) is 0.154. The summed E-state index contributed by atoms with van der Waals surface area (Å²) in [5.74, 6) is 0. The molecule has 0 fully saturated rings. The Morgan fingerprint density at radius 1 is 0.933 bits per heavy atom. The van der Waals surface area contributed by atoms with Crippen LogP contribution in [0.1, 0.15) is 29.5 Å². The van der Waals surface area contributed by atoms with Crippen molar-refractivity contribution in [2.75, 3.05) is 10.8 Å². The maximum atomic E-state index is 13.6. The molecule has 0 saturated heterocycles. The molecule has 3 aromatic carbocycles. The zero-order valence-electron chi connectivity index (χ0n) is 17.3. The summed E-state index contributed by atoms with van der Waals surface area (Å²) in [6.07, 6.45) is 3.23. The molecule has 3 nitrogen and oxygen atoms in total. The molecule has 0 spiro atoms. The first-order chi connectivity index (χ1) is 14.4. The summed E-state index contributed by atoms with van der Waals surface area (Å²) in [6.45, 7) is 10.3. The van der Waals surface area contributed by atoms with Gasteiger partial charge in [0.1, 0.15) is 0 Å². The Balaban J connectivity index is 2.10. The van der Waals surface area contributed by atoms with Crippen LogP contribution in [0.2, 0.25) is 0 Å². The minimum absolute atomic E-state index is 0.284. The number of unbranched alkanes of at least 4 members (excludes halogenated alkanes) is 1. The number of para-hydroxylation sites is 1. The van der Waals surface area contributed by atoms with Crippen LogP contribution in [0.4, 0.5) is 5.69 Å². The van der Waals surface area contributed by atoms with Gasteiger partial charge in [-0.1, -0.05) is 78.9 Å². The highest BCUT2D eigenvalue weighted by Crippen LogP contribution is 2.34. The van der Waals surface area contributed by atoms with Gasteiger partial charge in [-0.2, -0.15) is 0 Å². The van der Waals surface area contributed by atoms with E-state index in [9.17, 15) is 8.42 Å². The van der Waals surface area contributed by atoms with E-state index in [4.69, 9.17) is 0 Å². The van der Waals surface area contributed by atoms with Crippen LogP contribution in [-0.4, -0.2) is 15.0 Å². The van der Waals surface area contributed by atoms with Crippen molar-refractivity contribution < 1.29 is 8.42 Å². The molecular formula is C26H27NO2S. The fourth-order valence-electron chi connectivity index (χ4n) is 3.33. The Bertz CT molecular complexity index is 1120. The van der Waals surface area contributed by atoms with Gasteiger partial charge in [-0.25, -0.2) is 8.42 Å². The van der Waals surface area contributed by atoms with Crippen molar-refractivity contribution in [1.82, 2.24) is 0 Å². The van der Waals surface area contributed by atoms with Gasteiger partial charge >= 0.3 is 0 Å². The number of allylic oxidation sites excluding steroid dienone is 1. The minimum Gasteiger partial charge on any atom is -0.266 e. The Hall–Kier alpha value is -3.11. The molecule has 0 aliphatic rings. The first-order valence-electron chi connectivity index (χ1n) is 9.99. The third-order valence-corrected chi connectivity index (χ3v) is 6.83. The first kappa shape index (κ1) is 21.6. The van der Waals surface area contributed by atoms with E-state index < -0.39 is 10.0 Å². The SMILES string of the molecule is C=CCCCN(c1ccccc1C(=C)c1ccccc1)S(=O)(=O)c1ccc(C)cc1. The number of anilines is 1. The molecule has 0 radical (unpaired) electrons. The fourth-order valence-corrected chi connectivity index (χ4v) is 4.85. The second-order valence-electron chi connectivity index (χ2n) is 7.18. The van der Waals surface area contributed by atoms with Gasteiger partial charge < -0.3 is 0 Å². The quantitative estimate of drug-likeness (QED) is 0.306. The molecule has 0 aromatic heterocycles. The lowest BCUT2D eigenvalue weighted by Gasteiger charge is -2.27. The highest BCUT2D eigenvalue weighted by molar-refractivity contribution is 7.92. The molecule has 3 rings (SSSR count). The molecule has 30 heavy (non-hydrogen) atoms. The van der Waals surface area contributed by atoms with Crippen molar-refractivity contribution in [3.05, 3.63) is 115 Å². The van der Waals surface area contributed by atoms with E-state index in [0.717, 1.165) is 28.7 Å². The van der Waals surface area contributed by atoms with Gasteiger partial charge in [-0.3, -0.25) is 4.31 Å². The largest absolute Gasteiger partial charge is 0.266 e. The standard InChI is InChI=1S/C26H27NO2S/c1-4-5-11-20-27(30(28,29)24-18-16-21(2)17-19-24)26-15-10-9-14-25(26)22(3)23-12-7-6-8-13-23/h4,6-10,12-19H,1,3,5,11,20H2,2H3. The van der Waals surface area contributed by atoms with Crippen LogP contribution in [0.5, 0.6) is 0 Å². The van der Waals surface area contributed by atoms with E-state index in [-0.39, 0.29) is 4.90 Å². The summed E-state index contributed by atoms with van der Waals surface area (Å²) in [6, 6.07) is 24.3. The first-order valence-corrected chi connectivity index (χ1v) is 11.4. The van der Waals surface area contributed by atoms with E-state index >= 15 is 0 Å². The summed E-state index contributed by atoms with van der Waals surface area (Å²) in [5.41, 5.74) is 4.21. The monoisotopic (exact) mass is 417 g/mol. The van der Waals surface area contributed by atoms with Gasteiger partial charge in [-0.05, 0) is 49.1 Å². The molecule has 0 aliphatic heterocycles. The van der Waals surface area contributed by atoms with E-state index in [1.807, 2.05) is 79.7 Å². The lowest BCUT2D eigenvalue weighted by molar-refractivity contribution is 0.589. The van der Waals surface area contributed by atoms with Crippen LogP contribution in [0, 0.1) is 6.92 Å². The molecular weight excluding hydrogens is 390 g/mol. The van der Waals surface area contributed by atoms with Gasteiger partial charge in [0.25, 0.3) is 10.0 Å². The lowest BCUT2D eigenvalue weighted by atomic mass is 9.98. The summed E-state index contributed by atoms with van der Waals surface area (Å²) < 4.78 is 28.7. The van der Waals surface area contributed by atoms with Crippen LogP contribution in [0.25, 0.3) is 5.57 Å². The molecule has 0 heterocycles. The topological polar surface area (TPSA) is 37.4 Å². The smallest absolute Gasteiger partial charge is 0.264 e. The van der Waals surface area contributed by atoms with Gasteiger partial charge in [0.05, 0.1) is 10.6 Å². The second-order valence-corrected chi connectivity index (χ2v) is 9.05. The number of aryl methyl sites for hydroxylation is 1. The normalized spacial score (nSPS) is 11.1. The third kappa shape index (κ3) is 4.71. The zero-order valence-corrected chi connectivity index (χ0v) is 18.1. The summed E-state index contributed by atoms with van der Waals surface area (Å²) in [5, 5.41) is 0. The van der Waals surface area contributed by atoms with E-state index in [1.165, 1.54) is 4.31 Å². The third-order valence-electron chi connectivity index (χ3n) is 5.00. The van der Waals surface area contributed by atoms with Crippen LogP contribution in [0.3, 0.4) is 0 Å². The second kappa shape index (κ2) is 9.59. The van der Waals surface area contributed by atoms with Crippen molar-refractivity contribution in [3.63, 3.8) is 0 Å². The lowest BCUT2D eigenvalue weighted by Crippen LogP contribution is -2.32. The van der Waals surface area contributed by atoms with Crippen molar-refractivity contribution in [2.24, 2.45) is 0 Å². The molecule has 3 aromatic rings. The Morgan fingerprint density at radius 2 is 1.57 bits per heavy atom. The van der Waals surface area contributed by atoms with Crippen LogP contribution < -0.4 is 4.31 Å². The number of hydrogen-bond acceptors (Lipinski definition) is 2. The number of rotatable bonds is 9. The molecule has 0 N–H and O–H groups in total. The number of sulfonamides is 1. The molecule has 4 heteroatoms. The molecule has 0 unspecified atom stereocenters. The summed E-state index contributed by atoms with van der Waals surface area (Å²) in [7, 11) is -3.73. The predicted molar refractivity (Wildman–Crippen MR) is 126 cm³/mol. The molecule has 0 atom stereocenters. The Morgan fingerprint density at radius 3 is 2.23 bits per heavy atom. The van der Waals surface area contributed by atoms with Crippen LogP contribution >= 0.6 is 0 Å². The highest BCUT2D eigenvalue weighted by atomic mass is 32.2. The maximum Gasteiger partial charge on any atom is 0.264 e. The van der Waals surface area contributed by atoms with E-state index in [1.54, 1.807) is 12.1 Å². The van der Waals surface area contributed by atoms with Crippen LogP contribution in [0.15, 0.2) is 103 Å². The summed E-state index contributed by atoms with van der Waals surface area (Å²) >= 11 is 0. The molecule has 154 valence electrons.